The molecule has 0 spiro atoms. The topological polar surface area (TPSA) is 49.3 Å². The summed E-state index contributed by atoms with van der Waals surface area (Å²) in [6, 6.07) is 0. The Hall–Kier alpha value is -0.730. The van der Waals surface area contributed by atoms with Crippen molar-refractivity contribution >= 4 is 6.09 Å². The lowest BCUT2D eigenvalue weighted by Gasteiger charge is -2.30. The molecule has 0 bridgehead atoms. The van der Waals surface area contributed by atoms with E-state index in [2.05, 4.69) is 5.32 Å². The van der Waals surface area contributed by atoms with Gasteiger partial charge in [-0.2, -0.15) is 0 Å². The van der Waals surface area contributed by atoms with Gasteiger partial charge in [-0.3, -0.25) is 0 Å². The lowest BCUT2D eigenvalue weighted by Crippen LogP contribution is -2.33. The number of rotatable bonds is 3. The lowest BCUT2D eigenvalue weighted by atomic mass is 9.77. The van der Waals surface area contributed by atoms with Crippen LogP contribution in [0.25, 0.3) is 0 Å². The molecule has 14 heavy (non-hydrogen) atoms. The standard InChI is InChI=1S/C11H19NO2/c13-10(14)12-8-11(6-7-11)9-4-2-1-3-5-9/h9,12H,1-8H2,(H,13,14). The Morgan fingerprint density at radius 2 is 1.93 bits per heavy atom. The van der Waals surface area contributed by atoms with E-state index in [1.807, 2.05) is 0 Å². The highest BCUT2D eigenvalue weighted by atomic mass is 16.4. The molecule has 0 aliphatic heterocycles. The second-order valence-corrected chi connectivity index (χ2v) is 4.86. The zero-order valence-corrected chi connectivity index (χ0v) is 8.59. The van der Waals surface area contributed by atoms with E-state index >= 15 is 0 Å². The molecule has 2 N–H and O–H groups in total. The van der Waals surface area contributed by atoms with Crippen LogP contribution in [0.3, 0.4) is 0 Å². The van der Waals surface area contributed by atoms with Crippen molar-refractivity contribution in [1.82, 2.24) is 5.32 Å². The summed E-state index contributed by atoms with van der Waals surface area (Å²) >= 11 is 0. The summed E-state index contributed by atoms with van der Waals surface area (Å²) < 4.78 is 0. The van der Waals surface area contributed by atoms with Gasteiger partial charge in [0.2, 0.25) is 0 Å². The Kier molecular flexibility index (Phi) is 2.66. The fourth-order valence-electron chi connectivity index (χ4n) is 2.86. The average Bonchev–Trinajstić information content (AvgIpc) is 2.97. The number of hydrogen-bond donors (Lipinski definition) is 2. The summed E-state index contributed by atoms with van der Waals surface area (Å²) in [5.74, 6) is 0.795. The highest BCUT2D eigenvalue weighted by Gasteiger charge is 2.48. The molecule has 3 heteroatoms. The minimum Gasteiger partial charge on any atom is -0.465 e. The molecule has 1 amide bonds. The second-order valence-electron chi connectivity index (χ2n) is 4.86. The van der Waals surface area contributed by atoms with Crippen LogP contribution in [0, 0.1) is 11.3 Å². The first-order chi connectivity index (χ1) is 6.73. The maximum atomic E-state index is 10.4. The van der Waals surface area contributed by atoms with E-state index < -0.39 is 6.09 Å². The van der Waals surface area contributed by atoms with Crippen molar-refractivity contribution in [3.8, 4) is 0 Å². The summed E-state index contributed by atoms with van der Waals surface area (Å²) in [7, 11) is 0. The lowest BCUT2D eigenvalue weighted by molar-refractivity contribution is 0.179. The number of carbonyl (C=O) groups is 1. The van der Waals surface area contributed by atoms with Crippen molar-refractivity contribution in [2.24, 2.45) is 11.3 Å². The smallest absolute Gasteiger partial charge is 0.404 e. The Morgan fingerprint density at radius 3 is 2.43 bits per heavy atom. The first-order valence-electron chi connectivity index (χ1n) is 5.70. The fraction of sp³-hybridized carbons (Fsp3) is 0.909. The Morgan fingerprint density at radius 1 is 1.29 bits per heavy atom. The highest BCUT2D eigenvalue weighted by Crippen LogP contribution is 2.55. The van der Waals surface area contributed by atoms with Gasteiger partial charge in [-0.25, -0.2) is 4.79 Å². The summed E-state index contributed by atoms with van der Waals surface area (Å²) in [6.07, 6.45) is 8.31. The third-order valence-electron chi connectivity index (χ3n) is 3.96. The van der Waals surface area contributed by atoms with Gasteiger partial charge in [-0.05, 0) is 37.0 Å². The minimum atomic E-state index is -0.868. The molecular weight excluding hydrogens is 178 g/mol. The predicted octanol–water partition coefficient (Wildman–Crippen LogP) is 2.61. The van der Waals surface area contributed by atoms with Crippen molar-refractivity contribution in [2.75, 3.05) is 6.54 Å². The van der Waals surface area contributed by atoms with Crippen LogP contribution < -0.4 is 5.32 Å². The highest BCUT2D eigenvalue weighted by molar-refractivity contribution is 5.64. The van der Waals surface area contributed by atoms with Crippen molar-refractivity contribution in [3.63, 3.8) is 0 Å². The van der Waals surface area contributed by atoms with Crippen molar-refractivity contribution < 1.29 is 9.90 Å². The van der Waals surface area contributed by atoms with Gasteiger partial charge in [0.25, 0.3) is 0 Å². The molecule has 2 rings (SSSR count). The molecule has 0 aromatic carbocycles. The predicted molar refractivity (Wildman–Crippen MR) is 54.3 cm³/mol. The van der Waals surface area contributed by atoms with E-state index in [0.29, 0.717) is 12.0 Å². The van der Waals surface area contributed by atoms with Gasteiger partial charge >= 0.3 is 6.09 Å². The zero-order valence-electron chi connectivity index (χ0n) is 8.59. The summed E-state index contributed by atoms with van der Waals surface area (Å²) in [6.45, 7) is 0.687. The third kappa shape index (κ3) is 2.02. The van der Waals surface area contributed by atoms with Crippen LogP contribution in [0.5, 0.6) is 0 Å². The van der Waals surface area contributed by atoms with E-state index in [4.69, 9.17) is 5.11 Å². The largest absolute Gasteiger partial charge is 0.465 e. The van der Waals surface area contributed by atoms with E-state index in [1.54, 1.807) is 0 Å². The first-order valence-corrected chi connectivity index (χ1v) is 5.70. The number of carboxylic acid groups (broad SMARTS) is 1. The molecule has 2 fully saturated rings. The zero-order chi connectivity index (χ0) is 10.0. The maximum Gasteiger partial charge on any atom is 0.404 e. The van der Waals surface area contributed by atoms with Gasteiger partial charge < -0.3 is 10.4 Å². The molecule has 0 heterocycles. The van der Waals surface area contributed by atoms with Crippen molar-refractivity contribution in [3.05, 3.63) is 0 Å². The van der Waals surface area contributed by atoms with Gasteiger partial charge in [0.05, 0.1) is 0 Å². The molecular formula is C11H19NO2. The van der Waals surface area contributed by atoms with E-state index in [-0.39, 0.29) is 0 Å². The minimum absolute atomic E-state index is 0.360. The molecule has 0 aromatic heterocycles. The average molecular weight is 197 g/mol. The van der Waals surface area contributed by atoms with Gasteiger partial charge in [0.15, 0.2) is 0 Å². The number of hydrogen-bond acceptors (Lipinski definition) is 1. The van der Waals surface area contributed by atoms with Crippen LogP contribution in [-0.2, 0) is 0 Å². The van der Waals surface area contributed by atoms with Gasteiger partial charge in [-0.1, -0.05) is 19.3 Å². The molecule has 2 saturated carbocycles. The van der Waals surface area contributed by atoms with Crippen LogP contribution in [0.2, 0.25) is 0 Å². The molecule has 2 aliphatic carbocycles. The van der Waals surface area contributed by atoms with Gasteiger partial charge in [0.1, 0.15) is 0 Å². The SMILES string of the molecule is O=C(O)NCC1(C2CCCCC2)CC1. The quantitative estimate of drug-likeness (QED) is 0.730. The summed E-state index contributed by atoms with van der Waals surface area (Å²) in [5, 5.41) is 11.2. The monoisotopic (exact) mass is 197 g/mol. The Labute approximate surface area is 84.9 Å². The number of amides is 1. The molecule has 0 atom stereocenters. The van der Waals surface area contributed by atoms with Crippen LogP contribution >= 0.6 is 0 Å². The molecule has 2 aliphatic rings. The fourth-order valence-corrected chi connectivity index (χ4v) is 2.86. The molecule has 80 valence electrons. The van der Waals surface area contributed by atoms with Gasteiger partial charge in [-0.15, -0.1) is 0 Å². The molecule has 0 unspecified atom stereocenters. The normalized spacial score (nSPS) is 25.7. The molecule has 3 nitrogen and oxygen atoms in total. The third-order valence-corrected chi connectivity index (χ3v) is 3.96. The first kappa shape index (κ1) is 9.81. The van der Waals surface area contributed by atoms with Crippen molar-refractivity contribution in [2.45, 2.75) is 44.9 Å². The van der Waals surface area contributed by atoms with Gasteiger partial charge in [0, 0.05) is 6.54 Å². The summed E-state index contributed by atoms with van der Waals surface area (Å²) in [5.41, 5.74) is 0.360. The van der Waals surface area contributed by atoms with E-state index in [1.165, 1.54) is 44.9 Å². The van der Waals surface area contributed by atoms with Crippen LogP contribution in [0.4, 0.5) is 4.79 Å². The molecule has 0 aromatic rings. The molecule has 0 radical (unpaired) electrons. The van der Waals surface area contributed by atoms with Crippen LogP contribution in [0.1, 0.15) is 44.9 Å². The van der Waals surface area contributed by atoms with E-state index in [0.717, 1.165) is 5.92 Å². The second kappa shape index (κ2) is 3.79. The molecule has 0 saturated heterocycles. The maximum absolute atomic E-state index is 10.4. The van der Waals surface area contributed by atoms with E-state index in [9.17, 15) is 4.79 Å². The van der Waals surface area contributed by atoms with Crippen molar-refractivity contribution in [1.29, 1.82) is 0 Å². The van der Waals surface area contributed by atoms with Crippen LogP contribution in [-0.4, -0.2) is 17.7 Å². The summed E-state index contributed by atoms with van der Waals surface area (Å²) in [4.78, 5) is 10.4. The number of nitrogens with one attached hydrogen (secondary N) is 1. The Bertz CT molecular complexity index is 217. The van der Waals surface area contributed by atoms with Crippen LogP contribution in [0.15, 0.2) is 0 Å². The Balaban J connectivity index is 1.84.